The van der Waals surface area contributed by atoms with Crippen molar-refractivity contribution in [3.05, 3.63) is 58.4 Å². The van der Waals surface area contributed by atoms with E-state index in [0.717, 1.165) is 30.3 Å². The standard InChI is InChI=1S/C24H29N5O3S/c1-15-20(17(3)30)16(2)25-21(15)22(31)18(4)33-24-27-26-23(28-10-12-32-13-11-28)29(24)14-19-8-6-5-7-9-19/h5-9,18,25H,10-14H2,1-4H3/t18-/m1/s1. The van der Waals surface area contributed by atoms with Gasteiger partial charge in [0, 0.05) is 24.3 Å². The summed E-state index contributed by atoms with van der Waals surface area (Å²) in [7, 11) is 0. The summed E-state index contributed by atoms with van der Waals surface area (Å²) in [5.41, 5.74) is 3.65. The number of carbonyl (C=O) groups excluding carboxylic acids is 2. The Balaban J connectivity index is 1.62. The van der Waals surface area contributed by atoms with Gasteiger partial charge in [-0.15, -0.1) is 10.2 Å². The summed E-state index contributed by atoms with van der Waals surface area (Å²) < 4.78 is 7.57. The van der Waals surface area contributed by atoms with Crippen molar-refractivity contribution in [2.75, 3.05) is 31.2 Å². The maximum atomic E-state index is 13.3. The van der Waals surface area contributed by atoms with Gasteiger partial charge in [0.25, 0.3) is 0 Å². The fourth-order valence-corrected chi connectivity index (χ4v) is 5.11. The molecule has 174 valence electrons. The fourth-order valence-electron chi connectivity index (χ4n) is 4.21. The van der Waals surface area contributed by atoms with Crippen LogP contribution in [0.25, 0.3) is 0 Å². The van der Waals surface area contributed by atoms with Crippen molar-refractivity contribution in [3.63, 3.8) is 0 Å². The molecule has 0 bridgehead atoms. The van der Waals surface area contributed by atoms with Crippen LogP contribution in [0.1, 0.15) is 51.5 Å². The minimum absolute atomic E-state index is 0.0432. The number of ketones is 2. The second-order valence-electron chi connectivity index (χ2n) is 8.26. The van der Waals surface area contributed by atoms with Gasteiger partial charge in [-0.1, -0.05) is 42.1 Å². The number of aryl methyl sites for hydroxylation is 1. The Labute approximate surface area is 197 Å². The lowest BCUT2D eigenvalue weighted by Gasteiger charge is -2.28. The molecule has 0 spiro atoms. The molecule has 0 unspecified atom stereocenters. The quantitative estimate of drug-likeness (QED) is 0.399. The average molecular weight is 468 g/mol. The number of nitrogens with zero attached hydrogens (tertiary/aromatic N) is 4. The molecule has 1 saturated heterocycles. The molecule has 1 atom stereocenters. The van der Waals surface area contributed by atoms with E-state index in [9.17, 15) is 9.59 Å². The highest BCUT2D eigenvalue weighted by Gasteiger charge is 2.27. The molecule has 0 amide bonds. The minimum atomic E-state index is -0.405. The zero-order valence-corrected chi connectivity index (χ0v) is 20.2. The Morgan fingerprint density at radius 3 is 2.48 bits per heavy atom. The summed E-state index contributed by atoms with van der Waals surface area (Å²) in [5.74, 6) is 0.684. The van der Waals surface area contributed by atoms with Gasteiger partial charge >= 0.3 is 0 Å². The zero-order chi connectivity index (χ0) is 23.5. The largest absolute Gasteiger partial charge is 0.378 e. The number of ether oxygens (including phenoxy) is 1. The number of aromatic nitrogens is 4. The van der Waals surface area contributed by atoms with Crippen molar-refractivity contribution in [2.45, 2.75) is 44.6 Å². The average Bonchev–Trinajstić information content (AvgIpc) is 3.34. The SMILES string of the molecule is CC(=O)c1c(C)[nH]c(C(=O)[C@@H](C)Sc2nnc(N3CCOCC3)n2Cc2ccccc2)c1C. The number of aromatic amines is 1. The number of carbonyl (C=O) groups is 2. The molecule has 1 aliphatic rings. The van der Waals surface area contributed by atoms with Gasteiger partial charge in [-0.2, -0.15) is 0 Å². The Kier molecular flexibility index (Phi) is 6.99. The van der Waals surface area contributed by atoms with Gasteiger partial charge in [-0.3, -0.25) is 14.2 Å². The lowest BCUT2D eigenvalue weighted by Crippen LogP contribution is -2.38. The zero-order valence-electron chi connectivity index (χ0n) is 19.4. The molecule has 4 rings (SSSR count). The van der Waals surface area contributed by atoms with Crippen molar-refractivity contribution in [3.8, 4) is 0 Å². The number of benzene rings is 1. The van der Waals surface area contributed by atoms with E-state index < -0.39 is 5.25 Å². The highest BCUT2D eigenvalue weighted by molar-refractivity contribution is 8.00. The summed E-state index contributed by atoms with van der Waals surface area (Å²) in [4.78, 5) is 30.6. The number of H-pyrrole nitrogens is 1. The van der Waals surface area contributed by atoms with Crippen LogP contribution in [0.15, 0.2) is 35.5 Å². The molecule has 8 nitrogen and oxygen atoms in total. The molecular formula is C24H29N5O3S. The number of hydrogen-bond acceptors (Lipinski definition) is 7. The molecule has 33 heavy (non-hydrogen) atoms. The van der Waals surface area contributed by atoms with Crippen LogP contribution in [0.4, 0.5) is 5.95 Å². The first-order chi connectivity index (χ1) is 15.9. The monoisotopic (exact) mass is 467 g/mol. The fraction of sp³-hybridized carbons (Fsp3) is 0.417. The summed E-state index contributed by atoms with van der Waals surface area (Å²) in [6.07, 6.45) is 0. The molecule has 3 heterocycles. The second kappa shape index (κ2) is 9.93. The highest BCUT2D eigenvalue weighted by atomic mass is 32.2. The second-order valence-corrected chi connectivity index (χ2v) is 9.57. The van der Waals surface area contributed by atoms with Crippen molar-refractivity contribution >= 4 is 29.3 Å². The summed E-state index contributed by atoms with van der Waals surface area (Å²) in [6.45, 7) is 10.4. The van der Waals surface area contributed by atoms with E-state index >= 15 is 0 Å². The van der Waals surface area contributed by atoms with E-state index in [0.29, 0.717) is 41.7 Å². The minimum Gasteiger partial charge on any atom is -0.378 e. The van der Waals surface area contributed by atoms with Crippen molar-refractivity contribution in [2.24, 2.45) is 0 Å². The van der Waals surface area contributed by atoms with Crippen LogP contribution in [0, 0.1) is 13.8 Å². The molecule has 3 aromatic rings. The molecule has 1 aliphatic heterocycles. The molecular weight excluding hydrogens is 438 g/mol. The number of Topliss-reactive ketones (excluding diaryl/α,β-unsaturated/α-hetero) is 2. The molecule has 2 aromatic heterocycles. The van der Waals surface area contributed by atoms with Crippen molar-refractivity contribution in [1.82, 2.24) is 19.7 Å². The van der Waals surface area contributed by atoms with Gasteiger partial charge < -0.3 is 14.6 Å². The molecule has 1 fully saturated rings. The number of thioether (sulfide) groups is 1. The van der Waals surface area contributed by atoms with E-state index in [1.54, 1.807) is 0 Å². The van der Waals surface area contributed by atoms with Crippen LogP contribution in [-0.2, 0) is 11.3 Å². The topological polar surface area (TPSA) is 93.1 Å². The third kappa shape index (κ3) is 4.89. The summed E-state index contributed by atoms with van der Waals surface area (Å²) in [6, 6.07) is 10.2. The van der Waals surface area contributed by atoms with Crippen molar-refractivity contribution < 1.29 is 14.3 Å². The summed E-state index contributed by atoms with van der Waals surface area (Å²) in [5, 5.41) is 9.22. The number of rotatable bonds is 8. The molecule has 9 heteroatoms. The van der Waals surface area contributed by atoms with Gasteiger partial charge in [0.1, 0.15) is 0 Å². The third-order valence-corrected chi connectivity index (χ3v) is 6.94. The van der Waals surface area contributed by atoms with Gasteiger partial charge in [0.2, 0.25) is 5.95 Å². The Bertz CT molecular complexity index is 1150. The Hall–Kier alpha value is -2.91. The third-order valence-electron chi connectivity index (χ3n) is 5.86. The van der Waals surface area contributed by atoms with Crippen LogP contribution < -0.4 is 4.90 Å². The first-order valence-electron chi connectivity index (χ1n) is 11.1. The maximum absolute atomic E-state index is 13.3. The number of morpholine rings is 1. The number of nitrogens with one attached hydrogen (secondary N) is 1. The van der Waals surface area contributed by atoms with Crippen LogP contribution in [-0.4, -0.2) is 62.9 Å². The van der Waals surface area contributed by atoms with Crippen molar-refractivity contribution in [1.29, 1.82) is 0 Å². The Morgan fingerprint density at radius 2 is 1.85 bits per heavy atom. The predicted octanol–water partition coefficient (Wildman–Crippen LogP) is 3.67. The molecule has 0 radical (unpaired) electrons. The van der Waals surface area contributed by atoms with E-state index in [1.165, 1.54) is 18.7 Å². The molecule has 0 aliphatic carbocycles. The Morgan fingerprint density at radius 1 is 1.15 bits per heavy atom. The van der Waals surface area contributed by atoms with Gasteiger partial charge in [-0.05, 0) is 38.8 Å². The van der Waals surface area contributed by atoms with Gasteiger partial charge in [0.15, 0.2) is 16.7 Å². The molecule has 0 saturated carbocycles. The van der Waals surface area contributed by atoms with E-state index in [1.807, 2.05) is 39.0 Å². The number of hydrogen-bond donors (Lipinski definition) is 1. The van der Waals surface area contributed by atoms with Crippen LogP contribution >= 0.6 is 11.8 Å². The first-order valence-corrected chi connectivity index (χ1v) is 12.0. The van der Waals surface area contributed by atoms with Crippen LogP contribution in [0.5, 0.6) is 0 Å². The summed E-state index contributed by atoms with van der Waals surface area (Å²) >= 11 is 1.39. The molecule has 1 N–H and O–H groups in total. The lowest BCUT2D eigenvalue weighted by molar-refractivity contribution is 0.0988. The maximum Gasteiger partial charge on any atom is 0.228 e. The molecule has 1 aromatic carbocycles. The van der Waals surface area contributed by atoms with Gasteiger partial charge in [-0.25, -0.2) is 0 Å². The van der Waals surface area contributed by atoms with E-state index in [2.05, 4.69) is 36.8 Å². The smallest absolute Gasteiger partial charge is 0.228 e. The highest BCUT2D eigenvalue weighted by Crippen LogP contribution is 2.30. The number of anilines is 1. The predicted molar refractivity (Wildman–Crippen MR) is 129 cm³/mol. The van der Waals surface area contributed by atoms with Crippen LogP contribution in [0.2, 0.25) is 0 Å². The lowest BCUT2D eigenvalue weighted by atomic mass is 10.0. The normalized spacial score (nSPS) is 15.0. The first kappa shape index (κ1) is 23.3. The van der Waals surface area contributed by atoms with Crippen LogP contribution in [0.3, 0.4) is 0 Å². The van der Waals surface area contributed by atoms with E-state index in [4.69, 9.17) is 4.74 Å². The van der Waals surface area contributed by atoms with Gasteiger partial charge in [0.05, 0.1) is 30.7 Å². The van der Waals surface area contributed by atoms with E-state index in [-0.39, 0.29) is 11.6 Å².